The highest BCUT2D eigenvalue weighted by molar-refractivity contribution is 6.04. The number of rotatable bonds is 4. The summed E-state index contributed by atoms with van der Waals surface area (Å²) >= 11 is 0. The first-order valence-corrected chi connectivity index (χ1v) is 9.09. The number of aromatic amines is 1. The first-order chi connectivity index (χ1) is 13.1. The number of aromatic nitrogens is 3. The van der Waals surface area contributed by atoms with Gasteiger partial charge >= 0.3 is 0 Å². The van der Waals surface area contributed by atoms with Crippen LogP contribution in [0, 0.1) is 13.8 Å². The molecule has 0 bridgehead atoms. The van der Waals surface area contributed by atoms with E-state index >= 15 is 0 Å². The second-order valence-electron chi connectivity index (χ2n) is 6.75. The number of carbonyl (C=O) groups excluding carboxylic acids is 1. The highest BCUT2D eigenvalue weighted by Crippen LogP contribution is 2.28. The molecule has 0 aliphatic rings. The smallest absolute Gasteiger partial charge is 0.256 e. The second-order valence-corrected chi connectivity index (χ2v) is 6.75. The molecule has 136 valence electrons. The lowest BCUT2D eigenvalue weighted by Crippen LogP contribution is -2.12. The van der Waals surface area contributed by atoms with Gasteiger partial charge in [-0.2, -0.15) is 5.10 Å². The van der Waals surface area contributed by atoms with Crippen molar-refractivity contribution in [2.24, 2.45) is 0 Å². The van der Waals surface area contributed by atoms with E-state index in [-0.39, 0.29) is 5.91 Å². The number of para-hydroxylation sites is 1. The maximum Gasteiger partial charge on any atom is 0.256 e. The number of amides is 1. The van der Waals surface area contributed by atoms with E-state index in [1.165, 1.54) is 16.5 Å². The highest BCUT2D eigenvalue weighted by atomic mass is 16.1. The summed E-state index contributed by atoms with van der Waals surface area (Å²) in [6.07, 6.45) is 0. The van der Waals surface area contributed by atoms with Crippen LogP contribution in [0.15, 0.2) is 54.6 Å². The fraction of sp³-hybridized carbons (Fsp3) is 0.182. The van der Waals surface area contributed by atoms with Crippen molar-refractivity contribution in [3.63, 3.8) is 0 Å². The average Bonchev–Trinajstić information content (AvgIpc) is 3.27. The van der Waals surface area contributed by atoms with Gasteiger partial charge in [0.1, 0.15) is 0 Å². The molecule has 0 aliphatic carbocycles. The van der Waals surface area contributed by atoms with Crippen LogP contribution in [-0.4, -0.2) is 20.7 Å². The van der Waals surface area contributed by atoms with Gasteiger partial charge in [-0.05, 0) is 56.2 Å². The fourth-order valence-electron chi connectivity index (χ4n) is 3.36. The predicted octanol–water partition coefficient (Wildman–Crippen LogP) is 4.92. The normalized spacial score (nSPS) is 11.1. The molecule has 0 saturated heterocycles. The van der Waals surface area contributed by atoms with Crippen molar-refractivity contribution in [3.05, 3.63) is 71.3 Å². The summed E-state index contributed by atoms with van der Waals surface area (Å²) in [6, 6.07) is 18.0. The van der Waals surface area contributed by atoms with E-state index in [4.69, 9.17) is 0 Å². The molecule has 0 unspecified atom stereocenters. The number of H-pyrrole nitrogens is 1. The Morgan fingerprint density at radius 1 is 1.07 bits per heavy atom. The Labute approximate surface area is 158 Å². The molecule has 4 aromatic rings. The number of hydrogen-bond donors (Lipinski definition) is 2. The Morgan fingerprint density at radius 3 is 2.67 bits per heavy atom. The molecule has 2 N–H and O–H groups in total. The minimum Gasteiger partial charge on any atom is -0.340 e. The Morgan fingerprint density at radius 2 is 1.89 bits per heavy atom. The summed E-state index contributed by atoms with van der Waals surface area (Å²) in [7, 11) is 0. The van der Waals surface area contributed by atoms with Gasteiger partial charge in [-0.1, -0.05) is 24.3 Å². The zero-order valence-electron chi connectivity index (χ0n) is 15.7. The molecule has 0 spiro atoms. The lowest BCUT2D eigenvalue weighted by molar-refractivity contribution is 0.102. The average molecular weight is 358 g/mol. The van der Waals surface area contributed by atoms with Crippen molar-refractivity contribution >= 4 is 22.6 Å². The minimum atomic E-state index is -0.160. The Balaban J connectivity index is 1.62. The third-order valence-corrected chi connectivity index (χ3v) is 4.99. The molecule has 0 saturated carbocycles. The summed E-state index contributed by atoms with van der Waals surface area (Å²) in [6.45, 7) is 7.01. The monoisotopic (exact) mass is 358 g/mol. The van der Waals surface area contributed by atoms with Gasteiger partial charge in [0.25, 0.3) is 5.91 Å². The van der Waals surface area contributed by atoms with Gasteiger partial charge in [0, 0.05) is 29.1 Å². The Kier molecular flexibility index (Phi) is 4.28. The van der Waals surface area contributed by atoms with E-state index < -0.39 is 0 Å². The molecule has 5 nitrogen and oxygen atoms in total. The third kappa shape index (κ3) is 3.12. The van der Waals surface area contributed by atoms with E-state index in [0.717, 1.165) is 23.5 Å². The van der Waals surface area contributed by atoms with Crippen molar-refractivity contribution in [3.8, 4) is 11.4 Å². The third-order valence-electron chi connectivity index (χ3n) is 4.99. The van der Waals surface area contributed by atoms with E-state index in [2.05, 4.69) is 45.2 Å². The van der Waals surface area contributed by atoms with Gasteiger partial charge in [0.05, 0.1) is 11.4 Å². The van der Waals surface area contributed by atoms with Crippen LogP contribution >= 0.6 is 0 Å². The van der Waals surface area contributed by atoms with Crippen LogP contribution < -0.4 is 5.32 Å². The summed E-state index contributed by atoms with van der Waals surface area (Å²) in [5.74, 6) is 0.355. The van der Waals surface area contributed by atoms with E-state index in [1.807, 2.05) is 50.2 Å². The quantitative estimate of drug-likeness (QED) is 0.544. The molecule has 27 heavy (non-hydrogen) atoms. The molecule has 0 fully saturated rings. The molecule has 4 rings (SSSR count). The highest BCUT2D eigenvalue weighted by Gasteiger charge is 2.14. The lowest BCUT2D eigenvalue weighted by atomic mass is 10.1. The number of nitrogens with zero attached hydrogens (tertiary/aromatic N) is 2. The second kappa shape index (κ2) is 6.76. The van der Waals surface area contributed by atoms with Crippen molar-refractivity contribution in [2.45, 2.75) is 27.3 Å². The molecule has 2 aromatic carbocycles. The topological polar surface area (TPSA) is 62.7 Å². The van der Waals surface area contributed by atoms with Crippen molar-refractivity contribution in [1.29, 1.82) is 0 Å². The van der Waals surface area contributed by atoms with E-state index in [1.54, 1.807) is 0 Å². The van der Waals surface area contributed by atoms with Crippen LogP contribution in [0.5, 0.6) is 0 Å². The molecule has 0 radical (unpaired) electrons. The first kappa shape index (κ1) is 17.1. The standard InChI is InChI=1S/C22H22N4O/c1-4-26-19-8-6-5-7-16(19)12-20(26)18-13-21(25-24-18)23-22(27)17-10-9-14(2)15(3)11-17/h5-13H,4H2,1-3H3,(H2,23,24,25,27). The molecule has 1 amide bonds. The van der Waals surface area contributed by atoms with Crippen molar-refractivity contribution in [1.82, 2.24) is 14.8 Å². The van der Waals surface area contributed by atoms with Crippen LogP contribution in [0.3, 0.4) is 0 Å². The summed E-state index contributed by atoms with van der Waals surface area (Å²) < 4.78 is 2.23. The van der Waals surface area contributed by atoms with Gasteiger partial charge in [-0.15, -0.1) is 0 Å². The van der Waals surface area contributed by atoms with Crippen LogP contribution in [0.2, 0.25) is 0 Å². The maximum atomic E-state index is 12.5. The summed E-state index contributed by atoms with van der Waals surface area (Å²) in [4.78, 5) is 12.5. The van der Waals surface area contributed by atoms with Crippen molar-refractivity contribution < 1.29 is 4.79 Å². The molecular weight excluding hydrogens is 336 g/mol. The molecule has 2 heterocycles. The van der Waals surface area contributed by atoms with Gasteiger partial charge in [0.2, 0.25) is 0 Å². The number of anilines is 1. The minimum absolute atomic E-state index is 0.160. The van der Waals surface area contributed by atoms with Crippen molar-refractivity contribution in [2.75, 3.05) is 5.32 Å². The Bertz CT molecular complexity index is 1140. The molecular formula is C22H22N4O. The van der Waals surface area contributed by atoms with E-state index in [0.29, 0.717) is 11.4 Å². The van der Waals surface area contributed by atoms with Gasteiger partial charge in [-0.3, -0.25) is 9.89 Å². The molecule has 0 atom stereocenters. The molecule has 0 aliphatic heterocycles. The number of benzene rings is 2. The SMILES string of the molecule is CCn1c(-c2cc(NC(=O)c3ccc(C)c(C)c3)n[nH]2)cc2ccccc21. The largest absolute Gasteiger partial charge is 0.340 e. The Hall–Kier alpha value is -3.34. The number of hydrogen-bond acceptors (Lipinski definition) is 2. The van der Waals surface area contributed by atoms with Crippen LogP contribution in [-0.2, 0) is 6.54 Å². The summed E-state index contributed by atoms with van der Waals surface area (Å²) in [5, 5.41) is 11.4. The van der Waals surface area contributed by atoms with Crippen LogP contribution in [0.4, 0.5) is 5.82 Å². The maximum absolute atomic E-state index is 12.5. The lowest BCUT2D eigenvalue weighted by Gasteiger charge is -2.06. The van der Waals surface area contributed by atoms with Gasteiger partial charge in [-0.25, -0.2) is 0 Å². The molecule has 5 heteroatoms. The van der Waals surface area contributed by atoms with Crippen LogP contribution in [0.25, 0.3) is 22.3 Å². The zero-order valence-corrected chi connectivity index (χ0v) is 15.7. The van der Waals surface area contributed by atoms with Gasteiger partial charge in [0.15, 0.2) is 5.82 Å². The number of carbonyl (C=O) groups is 1. The van der Waals surface area contributed by atoms with Crippen LogP contribution in [0.1, 0.15) is 28.4 Å². The predicted molar refractivity (Wildman–Crippen MR) is 109 cm³/mol. The van der Waals surface area contributed by atoms with E-state index in [9.17, 15) is 4.79 Å². The molecule has 2 aromatic heterocycles. The number of fused-ring (bicyclic) bond motifs is 1. The number of nitrogens with one attached hydrogen (secondary N) is 2. The summed E-state index contributed by atoms with van der Waals surface area (Å²) in [5.41, 5.74) is 6.01. The first-order valence-electron chi connectivity index (χ1n) is 9.09. The van der Waals surface area contributed by atoms with Gasteiger partial charge < -0.3 is 9.88 Å². The fourth-order valence-corrected chi connectivity index (χ4v) is 3.36. The zero-order chi connectivity index (χ0) is 19.0. The number of aryl methyl sites for hydroxylation is 3.